The van der Waals surface area contributed by atoms with Gasteiger partial charge in [0.05, 0.1) is 13.2 Å². The number of hydrogen-bond acceptors (Lipinski definition) is 4. The van der Waals surface area contributed by atoms with Crippen LogP contribution in [0.15, 0.2) is 29.3 Å². The molecule has 2 N–H and O–H groups in total. The normalized spacial score (nSPS) is 16.6. The minimum Gasteiger partial charge on any atom is -0.379 e. The SMILES string of the molecule is CN=C(NCCN(C)Cc1ccc(F)cc1)NCC(C)(C)N1CCOCC1. The van der Waals surface area contributed by atoms with Gasteiger partial charge in [-0.25, -0.2) is 4.39 Å². The van der Waals surface area contributed by atoms with Crippen LogP contribution in [0.5, 0.6) is 0 Å². The lowest BCUT2D eigenvalue weighted by atomic mass is 10.0. The maximum absolute atomic E-state index is 13.0. The number of rotatable bonds is 8. The second kappa shape index (κ2) is 10.6. The van der Waals surface area contributed by atoms with E-state index in [-0.39, 0.29) is 11.4 Å². The molecule has 1 heterocycles. The van der Waals surface area contributed by atoms with Gasteiger partial charge in [-0.1, -0.05) is 12.1 Å². The molecular weight excluding hydrogens is 345 g/mol. The van der Waals surface area contributed by atoms with Gasteiger partial charge in [0.15, 0.2) is 5.96 Å². The number of benzene rings is 1. The zero-order valence-electron chi connectivity index (χ0n) is 17.1. The van der Waals surface area contributed by atoms with Crippen molar-refractivity contribution in [2.24, 2.45) is 4.99 Å². The van der Waals surface area contributed by atoms with Gasteiger partial charge < -0.3 is 20.3 Å². The summed E-state index contributed by atoms with van der Waals surface area (Å²) in [7, 11) is 3.85. The molecule has 1 aliphatic heterocycles. The first-order chi connectivity index (χ1) is 12.9. The molecule has 0 amide bonds. The van der Waals surface area contributed by atoms with Gasteiger partial charge in [0, 0.05) is 51.9 Å². The smallest absolute Gasteiger partial charge is 0.191 e. The summed E-state index contributed by atoms with van der Waals surface area (Å²) in [5.74, 6) is 0.615. The van der Waals surface area contributed by atoms with Crippen molar-refractivity contribution in [1.29, 1.82) is 0 Å². The third-order valence-corrected chi connectivity index (χ3v) is 4.93. The summed E-state index contributed by atoms with van der Waals surface area (Å²) in [5, 5.41) is 6.80. The molecule has 2 rings (SSSR count). The first-order valence-electron chi connectivity index (χ1n) is 9.61. The highest BCUT2D eigenvalue weighted by Gasteiger charge is 2.28. The van der Waals surface area contributed by atoms with Crippen LogP contribution in [0.2, 0.25) is 0 Å². The van der Waals surface area contributed by atoms with Crippen molar-refractivity contribution >= 4 is 5.96 Å². The molecule has 0 aliphatic carbocycles. The summed E-state index contributed by atoms with van der Waals surface area (Å²) < 4.78 is 18.4. The number of ether oxygens (including phenoxy) is 1. The van der Waals surface area contributed by atoms with Gasteiger partial charge in [-0.3, -0.25) is 9.89 Å². The lowest BCUT2D eigenvalue weighted by molar-refractivity contribution is -0.00834. The molecule has 1 fully saturated rings. The van der Waals surface area contributed by atoms with Crippen molar-refractivity contribution in [3.05, 3.63) is 35.6 Å². The fourth-order valence-electron chi connectivity index (χ4n) is 3.15. The van der Waals surface area contributed by atoms with E-state index < -0.39 is 0 Å². The molecule has 1 aromatic rings. The summed E-state index contributed by atoms with van der Waals surface area (Å²) in [6, 6.07) is 6.66. The van der Waals surface area contributed by atoms with E-state index in [1.54, 1.807) is 7.05 Å². The molecule has 152 valence electrons. The molecule has 27 heavy (non-hydrogen) atoms. The first kappa shape index (κ1) is 21.6. The van der Waals surface area contributed by atoms with Gasteiger partial charge in [-0.05, 0) is 38.6 Å². The summed E-state index contributed by atoms with van der Waals surface area (Å²) in [5.41, 5.74) is 1.15. The Kier molecular flexibility index (Phi) is 8.47. The Bertz CT molecular complexity index is 585. The van der Waals surface area contributed by atoms with Crippen LogP contribution in [0.25, 0.3) is 0 Å². The molecule has 0 bridgehead atoms. The van der Waals surface area contributed by atoms with Gasteiger partial charge in [-0.15, -0.1) is 0 Å². The molecule has 1 aromatic carbocycles. The van der Waals surface area contributed by atoms with E-state index in [0.29, 0.717) is 0 Å². The van der Waals surface area contributed by atoms with Gasteiger partial charge in [0.2, 0.25) is 0 Å². The van der Waals surface area contributed by atoms with Crippen molar-refractivity contribution in [2.45, 2.75) is 25.9 Å². The van der Waals surface area contributed by atoms with Gasteiger partial charge in [0.1, 0.15) is 5.82 Å². The number of halogens is 1. The summed E-state index contributed by atoms with van der Waals surface area (Å²) in [6.45, 7) is 11.3. The molecule has 0 saturated carbocycles. The molecule has 6 nitrogen and oxygen atoms in total. The standard InChI is InChI=1S/C20H34FN5O/c1-20(2,26-11-13-27-14-12-26)16-24-19(22-3)23-9-10-25(4)15-17-5-7-18(21)8-6-17/h5-8H,9-16H2,1-4H3,(H2,22,23,24). The number of hydrogen-bond donors (Lipinski definition) is 2. The second-order valence-electron chi connectivity index (χ2n) is 7.63. The fourth-order valence-corrected chi connectivity index (χ4v) is 3.15. The lowest BCUT2D eigenvalue weighted by Gasteiger charge is -2.41. The Labute approximate surface area is 162 Å². The molecule has 0 unspecified atom stereocenters. The molecule has 0 aromatic heterocycles. The number of morpholine rings is 1. The van der Waals surface area contributed by atoms with E-state index in [4.69, 9.17) is 4.74 Å². The van der Waals surface area contributed by atoms with Gasteiger partial charge in [0.25, 0.3) is 0 Å². The van der Waals surface area contributed by atoms with E-state index in [1.165, 1.54) is 12.1 Å². The molecule has 7 heteroatoms. The summed E-state index contributed by atoms with van der Waals surface area (Å²) in [6.07, 6.45) is 0. The lowest BCUT2D eigenvalue weighted by Crippen LogP contribution is -2.56. The molecule has 0 spiro atoms. The Morgan fingerprint density at radius 1 is 1.22 bits per heavy atom. The Morgan fingerprint density at radius 3 is 2.52 bits per heavy atom. The van der Waals surface area contributed by atoms with Crippen LogP contribution in [0.3, 0.4) is 0 Å². The predicted octanol–water partition coefficient (Wildman–Crippen LogP) is 1.53. The van der Waals surface area contributed by atoms with E-state index in [9.17, 15) is 4.39 Å². The topological polar surface area (TPSA) is 52.1 Å². The minimum absolute atomic E-state index is 0.0424. The average molecular weight is 380 g/mol. The first-order valence-corrected chi connectivity index (χ1v) is 9.61. The van der Waals surface area contributed by atoms with Crippen molar-refractivity contribution in [3.8, 4) is 0 Å². The highest BCUT2D eigenvalue weighted by Crippen LogP contribution is 2.14. The van der Waals surface area contributed by atoms with Crippen molar-refractivity contribution in [2.75, 3.05) is 60.0 Å². The van der Waals surface area contributed by atoms with Gasteiger partial charge in [-0.2, -0.15) is 0 Å². The Balaban J connectivity index is 1.69. The molecule has 1 aliphatic rings. The van der Waals surface area contributed by atoms with Crippen molar-refractivity contribution < 1.29 is 9.13 Å². The zero-order chi connectivity index (χ0) is 19.7. The fraction of sp³-hybridized carbons (Fsp3) is 0.650. The van der Waals surface area contributed by atoms with Crippen LogP contribution in [-0.4, -0.2) is 81.3 Å². The predicted molar refractivity (Wildman–Crippen MR) is 109 cm³/mol. The highest BCUT2D eigenvalue weighted by molar-refractivity contribution is 5.79. The van der Waals surface area contributed by atoms with Crippen LogP contribution in [0.4, 0.5) is 4.39 Å². The number of aliphatic imine (C=N–C) groups is 1. The van der Waals surface area contributed by atoms with Crippen LogP contribution in [0, 0.1) is 5.82 Å². The highest BCUT2D eigenvalue weighted by atomic mass is 19.1. The maximum Gasteiger partial charge on any atom is 0.191 e. The van der Waals surface area contributed by atoms with Crippen molar-refractivity contribution in [1.82, 2.24) is 20.4 Å². The quantitative estimate of drug-likeness (QED) is 0.530. The van der Waals surface area contributed by atoms with Gasteiger partial charge >= 0.3 is 0 Å². The number of nitrogens with one attached hydrogen (secondary N) is 2. The molecule has 0 atom stereocenters. The van der Waals surface area contributed by atoms with Crippen LogP contribution in [-0.2, 0) is 11.3 Å². The molecule has 0 radical (unpaired) electrons. The average Bonchev–Trinajstić information content (AvgIpc) is 2.67. The van der Waals surface area contributed by atoms with Crippen LogP contribution < -0.4 is 10.6 Å². The molecular formula is C20H34FN5O. The summed E-state index contributed by atoms with van der Waals surface area (Å²) >= 11 is 0. The summed E-state index contributed by atoms with van der Waals surface area (Å²) in [4.78, 5) is 8.97. The zero-order valence-corrected chi connectivity index (χ0v) is 17.1. The number of guanidine groups is 1. The van der Waals surface area contributed by atoms with Crippen LogP contribution >= 0.6 is 0 Å². The Morgan fingerprint density at radius 2 is 1.89 bits per heavy atom. The molecule has 1 saturated heterocycles. The largest absolute Gasteiger partial charge is 0.379 e. The monoisotopic (exact) mass is 379 g/mol. The van der Waals surface area contributed by atoms with E-state index >= 15 is 0 Å². The third-order valence-electron chi connectivity index (χ3n) is 4.93. The van der Waals surface area contributed by atoms with E-state index in [0.717, 1.165) is 64.0 Å². The number of likely N-dealkylation sites (N-methyl/N-ethyl adjacent to an activating group) is 1. The number of nitrogens with zero attached hydrogens (tertiary/aromatic N) is 3. The Hall–Kier alpha value is -1.70. The third kappa shape index (κ3) is 7.44. The second-order valence-corrected chi connectivity index (χ2v) is 7.63. The maximum atomic E-state index is 13.0. The van der Waals surface area contributed by atoms with E-state index in [1.807, 2.05) is 12.1 Å². The van der Waals surface area contributed by atoms with Crippen molar-refractivity contribution in [3.63, 3.8) is 0 Å². The van der Waals surface area contributed by atoms with Crippen LogP contribution in [0.1, 0.15) is 19.4 Å². The van der Waals surface area contributed by atoms with E-state index in [2.05, 4.69) is 46.3 Å². The minimum atomic E-state index is -0.196.